The number of amides is 2. The first kappa shape index (κ1) is 15.3. The van der Waals surface area contributed by atoms with Crippen LogP contribution in [0.3, 0.4) is 0 Å². The van der Waals surface area contributed by atoms with Gasteiger partial charge in [0.1, 0.15) is 0 Å². The van der Waals surface area contributed by atoms with Crippen LogP contribution in [0.4, 0.5) is 0 Å². The van der Waals surface area contributed by atoms with Gasteiger partial charge in [0.25, 0.3) is 0 Å². The summed E-state index contributed by atoms with van der Waals surface area (Å²) in [5, 5.41) is 0. The fourth-order valence-electron chi connectivity index (χ4n) is 3.21. The van der Waals surface area contributed by atoms with Crippen molar-refractivity contribution in [2.75, 3.05) is 13.1 Å². The molecule has 0 bridgehead atoms. The van der Waals surface area contributed by atoms with E-state index in [-0.39, 0.29) is 17.9 Å². The Labute approximate surface area is 145 Å². The fraction of sp³-hybridized carbons (Fsp3) is 0.389. The topological polar surface area (TPSA) is 53.5 Å². The van der Waals surface area contributed by atoms with Gasteiger partial charge in [0, 0.05) is 19.1 Å². The molecule has 1 aromatic carbocycles. The van der Waals surface area contributed by atoms with Crippen LogP contribution in [0, 0.1) is 0 Å². The minimum Gasteiger partial charge on any atom is -0.330 e. The molecule has 2 aromatic rings. The van der Waals surface area contributed by atoms with Crippen LogP contribution in [0.2, 0.25) is 0 Å². The molecule has 1 aliphatic carbocycles. The average molecular weight is 341 g/mol. The molecule has 0 atom stereocenters. The quantitative estimate of drug-likeness (QED) is 0.803. The molecule has 24 heavy (non-hydrogen) atoms. The highest BCUT2D eigenvalue weighted by atomic mass is 32.1. The van der Waals surface area contributed by atoms with Crippen molar-refractivity contribution in [1.29, 1.82) is 0 Å². The van der Waals surface area contributed by atoms with Gasteiger partial charge in [0.05, 0.1) is 17.1 Å². The van der Waals surface area contributed by atoms with Crippen molar-refractivity contribution in [3.05, 3.63) is 42.1 Å². The monoisotopic (exact) mass is 341 g/mol. The second-order valence-corrected chi connectivity index (χ2v) is 7.16. The SMILES string of the molecule is O=C1C(=O)N(C2CCC2)CCN1Cc1cc(-c2ccccc2)sn1. The van der Waals surface area contributed by atoms with Crippen LogP contribution in [-0.2, 0) is 16.1 Å². The highest BCUT2D eigenvalue weighted by Gasteiger charge is 2.38. The molecule has 4 rings (SSSR count). The number of nitrogens with zero attached hydrogens (tertiary/aromatic N) is 3. The van der Waals surface area contributed by atoms with Crippen molar-refractivity contribution >= 4 is 23.3 Å². The summed E-state index contributed by atoms with van der Waals surface area (Å²) in [5.41, 5.74) is 1.97. The van der Waals surface area contributed by atoms with Crippen LogP contribution in [0.5, 0.6) is 0 Å². The van der Waals surface area contributed by atoms with Crippen LogP contribution < -0.4 is 0 Å². The molecule has 5 nitrogen and oxygen atoms in total. The molecule has 124 valence electrons. The molecule has 2 fully saturated rings. The summed E-state index contributed by atoms with van der Waals surface area (Å²) in [6.45, 7) is 1.65. The van der Waals surface area contributed by atoms with Crippen LogP contribution >= 0.6 is 11.5 Å². The van der Waals surface area contributed by atoms with E-state index >= 15 is 0 Å². The maximum absolute atomic E-state index is 12.4. The standard InChI is InChI=1S/C18H19N3O2S/c22-17-18(23)21(15-7-4-8-15)10-9-20(17)12-14-11-16(24-19-14)13-5-2-1-3-6-13/h1-3,5-6,11,15H,4,7-10,12H2. The van der Waals surface area contributed by atoms with E-state index in [9.17, 15) is 9.59 Å². The van der Waals surface area contributed by atoms with Gasteiger partial charge < -0.3 is 9.80 Å². The van der Waals surface area contributed by atoms with Crippen LogP contribution in [0.15, 0.2) is 36.4 Å². The molecular weight excluding hydrogens is 322 g/mol. The third-order valence-corrected chi connectivity index (χ3v) is 5.70. The highest BCUT2D eigenvalue weighted by molar-refractivity contribution is 7.09. The van der Waals surface area contributed by atoms with E-state index in [1.54, 1.807) is 9.80 Å². The number of carbonyl (C=O) groups excluding carboxylic acids is 2. The fourth-order valence-corrected chi connectivity index (χ4v) is 3.96. The van der Waals surface area contributed by atoms with E-state index in [1.807, 2.05) is 36.4 Å². The summed E-state index contributed by atoms with van der Waals surface area (Å²) in [4.78, 5) is 29.1. The van der Waals surface area contributed by atoms with E-state index in [0.717, 1.165) is 35.4 Å². The largest absolute Gasteiger partial charge is 0.330 e. The van der Waals surface area contributed by atoms with E-state index in [1.165, 1.54) is 11.5 Å². The number of hydrogen-bond acceptors (Lipinski definition) is 4. The van der Waals surface area contributed by atoms with E-state index in [2.05, 4.69) is 4.37 Å². The molecule has 0 spiro atoms. The minimum atomic E-state index is -0.387. The van der Waals surface area contributed by atoms with Crippen molar-refractivity contribution in [1.82, 2.24) is 14.2 Å². The van der Waals surface area contributed by atoms with Gasteiger partial charge >= 0.3 is 11.8 Å². The first-order valence-corrected chi connectivity index (χ1v) is 9.10. The van der Waals surface area contributed by atoms with Crippen molar-refractivity contribution < 1.29 is 9.59 Å². The van der Waals surface area contributed by atoms with Crippen LogP contribution in [0.1, 0.15) is 25.0 Å². The van der Waals surface area contributed by atoms with Crippen molar-refractivity contribution in [3.8, 4) is 10.4 Å². The number of hydrogen-bond donors (Lipinski definition) is 0. The number of aromatic nitrogens is 1. The van der Waals surface area contributed by atoms with E-state index in [0.29, 0.717) is 19.6 Å². The van der Waals surface area contributed by atoms with Gasteiger partial charge in [-0.25, -0.2) is 0 Å². The lowest BCUT2D eigenvalue weighted by Gasteiger charge is -2.41. The Balaban J connectivity index is 1.43. The molecule has 0 unspecified atom stereocenters. The summed E-state index contributed by atoms with van der Waals surface area (Å²) in [5.74, 6) is -0.730. The van der Waals surface area contributed by atoms with Gasteiger partial charge in [-0.1, -0.05) is 30.3 Å². The smallest absolute Gasteiger partial charge is 0.312 e. The Kier molecular flexibility index (Phi) is 4.06. The summed E-state index contributed by atoms with van der Waals surface area (Å²) in [6, 6.07) is 12.4. The molecule has 2 aliphatic rings. The normalized spacial score (nSPS) is 18.8. The predicted molar refractivity (Wildman–Crippen MR) is 92.3 cm³/mol. The molecular formula is C18H19N3O2S. The van der Waals surface area contributed by atoms with Gasteiger partial charge in [-0.05, 0) is 42.4 Å². The van der Waals surface area contributed by atoms with E-state index in [4.69, 9.17) is 0 Å². The summed E-state index contributed by atoms with van der Waals surface area (Å²) < 4.78 is 4.45. The van der Waals surface area contributed by atoms with Crippen molar-refractivity contribution in [3.63, 3.8) is 0 Å². The summed E-state index contributed by atoms with van der Waals surface area (Å²) in [6.07, 6.45) is 3.23. The van der Waals surface area contributed by atoms with Gasteiger partial charge in [-0.2, -0.15) is 4.37 Å². The molecule has 0 radical (unpaired) electrons. The zero-order valence-corrected chi connectivity index (χ0v) is 14.2. The molecule has 6 heteroatoms. The van der Waals surface area contributed by atoms with Crippen LogP contribution in [0.25, 0.3) is 10.4 Å². The second kappa shape index (κ2) is 6.36. The number of rotatable bonds is 4. The third kappa shape index (κ3) is 2.82. The Hall–Kier alpha value is -2.21. The Bertz CT molecular complexity index is 755. The lowest BCUT2D eigenvalue weighted by atomic mass is 9.91. The number of benzene rings is 1. The maximum atomic E-state index is 12.4. The average Bonchev–Trinajstić information content (AvgIpc) is 3.02. The first-order chi connectivity index (χ1) is 11.7. The Morgan fingerprint density at radius 2 is 1.88 bits per heavy atom. The number of piperazine rings is 1. The van der Waals surface area contributed by atoms with Gasteiger partial charge in [-0.15, -0.1) is 0 Å². The third-order valence-electron chi connectivity index (χ3n) is 4.83. The molecule has 2 heterocycles. The Morgan fingerprint density at radius 3 is 2.58 bits per heavy atom. The van der Waals surface area contributed by atoms with Crippen LogP contribution in [-0.4, -0.2) is 45.1 Å². The Morgan fingerprint density at radius 1 is 1.08 bits per heavy atom. The molecule has 1 aliphatic heterocycles. The second-order valence-electron chi connectivity index (χ2n) is 6.36. The highest BCUT2D eigenvalue weighted by Crippen LogP contribution is 2.28. The van der Waals surface area contributed by atoms with Gasteiger partial charge in [0.15, 0.2) is 0 Å². The lowest BCUT2D eigenvalue weighted by molar-refractivity contribution is -0.159. The number of carbonyl (C=O) groups is 2. The summed E-state index contributed by atoms with van der Waals surface area (Å²) in [7, 11) is 0. The molecule has 1 saturated carbocycles. The molecule has 0 N–H and O–H groups in total. The zero-order chi connectivity index (χ0) is 16.5. The molecule has 1 saturated heterocycles. The van der Waals surface area contributed by atoms with Crippen molar-refractivity contribution in [2.24, 2.45) is 0 Å². The van der Waals surface area contributed by atoms with Gasteiger partial charge in [-0.3, -0.25) is 9.59 Å². The predicted octanol–water partition coefficient (Wildman–Crippen LogP) is 2.53. The van der Waals surface area contributed by atoms with E-state index < -0.39 is 0 Å². The minimum absolute atomic E-state index is 0.285. The summed E-state index contributed by atoms with van der Waals surface area (Å²) >= 11 is 1.43. The molecule has 2 amide bonds. The first-order valence-electron chi connectivity index (χ1n) is 8.33. The lowest BCUT2D eigenvalue weighted by Crippen LogP contribution is -2.58. The molecule has 1 aromatic heterocycles. The van der Waals surface area contributed by atoms with Gasteiger partial charge in [0.2, 0.25) is 0 Å². The van der Waals surface area contributed by atoms with Crippen molar-refractivity contribution in [2.45, 2.75) is 31.8 Å². The zero-order valence-electron chi connectivity index (χ0n) is 13.4. The maximum Gasteiger partial charge on any atom is 0.312 e.